The molecule has 1 aliphatic rings. The van der Waals surface area contributed by atoms with Gasteiger partial charge in [-0.2, -0.15) is 0 Å². The summed E-state index contributed by atoms with van der Waals surface area (Å²) < 4.78 is 0. The SMILES string of the molecule is O=C(O)C1NC[C@@H](Cc2ccccc2)N1. The van der Waals surface area contributed by atoms with Crippen molar-refractivity contribution in [2.75, 3.05) is 6.54 Å². The number of carbonyl (C=O) groups is 1. The zero-order valence-corrected chi connectivity index (χ0v) is 8.31. The lowest BCUT2D eigenvalue weighted by Crippen LogP contribution is -2.41. The van der Waals surface area contributed by atoms with Crippen LogP contribution in [0.4, 0.5) is 0 Å². The molecule has 0 spiro atoms. The molecule has 1 aromatic rings. The van der Waals surface area contributed by atoms with Crippen molar-refractivity contribution >= 4 is 5.97 Å². The average molecular weight is 206 g/mol. The maximum absolute atomic E-state index is 10.7. The minimum atomic E-state index is -0.842. The molecule has 1 heterocycles. The molecule has 2 atom stereocenters. The summed E-state index contributed by atoms with van der Waals surface area (Å²) in [5.41, 5.74) is 1.22. The molecule has 4 nitrogen and oxygen atoms in total. The second-order valence-electron chi connectivity index (χ2n) is 3.73. The smallest absolute Gasteiger partial charge is 0.335 e. The number of carboxylic acids is 1. The van der Waals surface area contributed by atoms with Crippen LogP contribution < -0.4 is 10.6 Å². The van der Waals surface area contributed by atoms with Crippen molar-refractivity contribution in [2.45, 2.75) is 18.6 Å². The molecule has 0 amide bonds. The zero-order chi connectivity index (χ0) is 10.7. The number of rotatable bonds is 3. The second-order valence-corrected chi connectivity index (χ2v) is 3.73. The highest BCUT2D eigenvalue weighted by atomic mass is 16.4. The first-order valence-corrected chi connectivity index (χ1v) is 5.02. The fourth-order valence-electron chi connectivity index (χ4n) is 1.80. The van der Waals surface area contributed by atoms with E-state index < -0.39 is 12.1 Å². The Hall–Kier alpha value is -1.39. The monoisotopic (exact) mass is 206 g/mol. The summed E-state index contributed by atoms with van der Waals surface area (Å²) in [7, 11) is 0. The summed E-state index contributed by atoms with van der Waals surface area (Å²) in [5.74, 6) is -0.842. The fourth-order valence-corrected chi connectivity index (χ4v) is 1.80. The summed E-state index contributed by atoms with van der Waals surface area (Å²) in [6.07, 6.45) is 0.260. The lowest BCUT2D eigenvalue weighted by molar-refractivity contribution is -0.139. The van der Waals surface area contributed by atoms with Crippen LogP contribution in [0.25, 0.3) is 0 Å². The highest BCUT2D eigenvalue weighted by molar-refractivity contribution is 5.73. The Bertz CT molecular complexity index is 340. The van der Waals surface area contributed by atoms with Crippen molar-refractivity contribution in [1.82, 2.24) is 10.6 Å². The van der Waals surface area contributed by atoms with E-state index in [4.69, 9.17) is 5.11 Å². The average Bonchev–Trinajstić information content (AvgIpc) is 2.68. The molecular weight excluding hydrogens is 192 g/mol. The Labute approximate surface area is 88.3 Å². The molecule has 1 unspecified atom stereocenters. The maximum Gasteiger partial charge on any atom is 0.335 e. The Balaban J connectivity index is 1.90. The van der Waals surface area contributed by atoms with Crippen LogP contribution >= 0.6 is 0 Å². The molecule has 0 bridgehead atoms. The normalized spacial score (nSPS) is 25.3. The molecule has 2 rings (SSSR count). The van der Waals surface area contributed by atoms with Gasteiger partial charge in [0.2, 0.25) is 0 Å². The second kappa shape index (κ2) is 4.42. The molecule has 4 heteroatoms. The van der Waals surface area contributed by atoms with Crippen molar-refractivity contribution in [3.63, 3.8) is 0 Å². The predicted molar refractivity (Wildman–Crippen MR) is 56.5 cm³/mol. The summed E-state index contributed by atoms with van der Waals surface area (Å²) in [6.45, 7) is 0.700. The third-order valence-electron chi connectivity index (χ3n) is 2.54. The Kier molecular flexibility index (Phi) is 2.99. The topological polar surface area (TPSA) is 61.4 Å². The quantitative estimate of drug-likeness (QED) is 0.661. The Morgan fingerprint density at radius 1 is 1.40 bits per heavy atom. The van der Waals surface area contributed by atoms with E-state index in [1.54, 1.807) is 0 Å². The molecule has 1 aliphatic heterocycles. The van der Waals surface area contributed by atoms with Crippen LogP contribution in [0, 0.1) is 0 Å². The number of aliphatic carboxylic acids is 1. The molecule has 1 aromatic carbocycles. The van der Waals surface area contributed by atoms with E-state index in [9.17, 15) is 4.79 Å². The van der Waals surface area contributed by atoms with Gasteiger partial charge in [-0.15, -0.1) is 0 Å². The first kappa shape index (κ1) is 10.1. The van der Waals surface area contributed by atoms with E-state index in [-0.39, 0.29) is 6.04 Å². The van der Waals surface area contributed by atoms with E-state index in [0.29, 0.717) is 6.54 Å². The zero-order valence-electron chi connectivity index (χ0n) is 8.31. The first-order valence-electron chi connectivity index (χ1n) is 5.02. The third kappa shape index (κ3) is 2.55. The highest BCUT2D eigenvalue weighted by Crippen LogP contribution is 2.06. The molecule has 15 heavy (non-hydrogen) atoms. The van der Waals surface area contributed by atoms with Crippen molar-refractivity contribution in [2.24, 2.45) is 0 Å². The summed E-state index contributed by atoms with van der Waals surface area (Å²) in [4.78, 5) is 10.7. The van der Waals surface area contributed by atoms with Gasteiger partial charge in [-0.3, -0.25) is 10.6 Å². The van der Waals surface area contributed by atoms with Crippen LogP contribution in [0.15, 0.2) is 30.3 Å². The van der Waals surface area contributed by atoms with Gasteiger partial charge in [0.15, 0.2) is 6.17 Å². The summed E-state index contributed by atoms with van der Waals surface area (Å²) in [6, 6.07) is 10.3. The van der Waals surface area contributed by atoms with Gasteiger partial charge in [0, 0.05) is 12.6 Å². The first-order chi connectivity index (χ1) is 7.25. The van der Waals surface area contributed by atoms with Gasteiger partial charge in [-0.05, 0) is 12.0 Å². The van der Waals surface area contributed by atoms with Crippen LogP contribution in [-0.2, 0) is 11.2 Å². The molecule has 0 saturated carbocycles. The van der Waals surface area contributed by atoms with Crippen molar-refractivity contribution in [1.29, 1.82) is 0 Å². The summed E-state index contributed by atoms with van der Waals surface area (Å²) in [5, 5.41) is 14.7. The highest BCUT2D eigenvalue weighted by Gasteiger charge is 2.27. The lowest BCUT2D eigenvalue weighted by atomic mass is 10.1. The molecular formula is C11H14N2O2. The van der Waals surface area contributed by atoms with Gasteiger partial charge in [-0.1, -0.05) is 30.3 Å². The number of nitrogens with one attached hydrogen (secondary N) is 2. The number of carboxylic acid groups (broad SMARTS) is 1. The number of hydrogen-bond acceptors (Lipinski definition) is 3. The van der Waals surface area contributed by atoms with Gasteiger partial charge in [0.1, 0.15) is 0 Å². The predicted octanol–water partition coefficient (Wildman–Crippen LogP) is 0.201. The minimum Gasteiger partial charge on any atom is -0.479 e. The van der Waals surface area contributed by atoms with Gasteiger partial charge >= 0.3 is 5.97 Å². The van der Waals surface area contributed by atoms with E-state index >= 15 is 0 Å². The fraction of sp³-hybridized carbons (Fsp3) is 0.364. The molecule has 0 aliphatic carbocycles. The van der Waals surface area contributed by atoms with E-state index in [2.05, 4.69) is 22.8 Å². The van der Waals surface area contributed by atoms with Crippen LogP contribution in [0.2, 0.25) is 0 Å². The van der Waals surface area contributed by atoms with Crippen molar-refractivity contribution in [3.05, 3.63) is 35.9 Å². The largest absolute Gasteiger partial charge is 0.479 e. The van der Waals surface area contributed by atoms with Gasteiger partial charge in [0.05, 0.1) is 0 Å². The molecule has 80 valence electrons. The third-order valence-corrected chi connectivity index (χ3v) is 2.54. The van der Waals surface area contributed by atoms with Crippen LogP contribution in [0.1, 0.15) is 5.56 Å². The van der Waals surface area contributed by atoms with Crippen LogP contribution in [0.3, 0.4) is 0 Å². The Morgan fingerprint density at radius 3 is 2.73 bits per heavy atom. The molecule has 0 radical (unpaired) electrons. The molecule has 1 saturated heterocycles. The minimum absolute atomic E-state index is 0.202. The lowest BCUT2D eigenvalue weighted by Gasteiger charge is -2.10. The van der Waals surface area contributed by atoms with E-state index in [0.717, 1.165) is 6.42 Å². The van der Waals surface area contributed by atoms with Gasteiger partial charge in [0.25, 0.3) is 0 Å². The van der Waals surface area contributed by atoms with E-state index in [1.165, 1.54) is 5.56 Å². The molecule has 1 fully saturated rings. The van der Waals surface area contributed by atoms with Crippen LogP contribution in [-0.4, -0.2) is 29.8 Å². The van der Waals surface area contributed by atoms with Crippen molar-refractivity contribution in [3.8, 4) is 0 Å². The van der Waals surface area contributed by atoms with Crippen LogP contribution in [0.5, 0.6) is 0 Å². The van der Waals surface area contributed by atoms with Gasteiger partial charge < -0.3 is 5.11 Å². The molecule has 0 aromatic heterocycles. The maximum atomic E-state index is 10.7. The van der Waals surface area contributed by atoms with E-state index in [1.807, 2.05) is 18.2 Å². The molecule has 3 N–H and O–H groups in total. The van der Waals surface area contributed by atoms with Gasteiger partial charge in [-0.25, -0.2) is 4.79 Å². The Morgan fingerprint density at radius 2 is 2.13 bits per heavy atom. The number of hydrogen-bond donors (Lipinski definition) is 3. The summed E-state index contributed by atoms with van der Waals surface area (Å²) >= 11 is 0. The van der Waals surface area contributed by atoms with Crippen molar-refractivity contribution < 1.29 is 9.90 Å². The standard InChI is InChI=1S/C11H14N2O2/c14-11(15)10-12-7-9(13-10)6-8-4-2-1-3-5-8/h1-5,9-10,12-13H,6-7H2,(H,14,15)/t9-,10?/m1/s1. The number of benzene rings is 1.